The monoisotopic (exact) mass is 531 g/mol. The molecule has 1 unspecified atom stereocenters. The summed E-state index contributed by atoms with van der Waals surface area (Å²) >= 11 is 5.93. The molecule has 11 heteroatoms. The van der Waals surface area contributed by atoms with Crippen LogP contribution in [0.4, 0.5) is 15.9 Å². The second-order valence-electron chi connectivity index (χ2n) is 8.87. The quantitative estimate of drug-likeness (QED) is 0.330. The fourth-order valence-electron chi connectivity index (χ4n) is 4.67. The molecule has 1 saturated carbocycles. The third-order valence-corrected chi connectivity index (χ3v) is 6.86. The van der Waals surface area contributed by atoms with E-state index in [1.807, 2.05) is 0 Å². The average molecular weight is 532 g/mol. The summed E-state index contributed by atoms with van der Waals surface area (Å²) in [7, 11) is 2.96. The van der Waals surface area contributed by atoms with Gasteiger partial charge in [0, 0.05) is 24.5 Å². The van der Waals surface area contributed by atoms with Crippen LogP contribution in [0.1, 0.15) is 25.7 Å². The Morgan fingerprint density at radius 1 is 1.19 bits per heavy atom. The van der Waals surface area contributed by atoms with Gasteiger partial charge in [0.2, 0.25) is 0 Å². The van der Waals surface area contributed by atoms with Gasteiger partial charge in [-0.1, -0.05) is 17.7 Å². The number of ether oxygens (including phenoxy) is 3. The maximum atomic E-state index is 14.5. The third kappa shape index (κ3) is 6.20. The highest BCUT2D eigenvalue weighted by atomic mass is 35.5. The van der Waals surface area contributed by atoms with E-state index >= 15 is 0 Å². The van der Waals surface area contributed by atoms with Gasteiger partial charge in [-0.05, 0) is 49.8 Å². The first-order valence-corrected chi connectivity index (χ1v) is 12.5. The Labute approximate surface area is 219 Å². The lowest BCUT2D eigenvalue weighted by Crippen LogP contribution is -2.47. The van der Waals surface area contributed by atoms with E-state index in [-0.39, 0.29) is 34.7 Å². The van der Waals surface area contributed by atoms with E-state index in [0.29, 0.717) is 41.3 Å². The van der Waals surface area contributed by atoms with Crippen LogP contribution in [0.15, 0.2) is 36.7 Å². The van der Waals surface area contributed by atoms with Gasteiger partial charge in [-0.25, -0.2) is 14.4 Å². The number of halogens is 2. The maximum Gasteiger partial charge on any atom is 0.323 e. The second kappa shape index (κ2) is 12.4. The van der Waals surface area contributed by atoms with Gasteiger partial charge in [0.05, 0.1) is 36.6 Å². The number of aromatic nitrogens is 2. The number of hydrogen-bond donors (Lipinski definition) is 3. The standard InChI is InChI=1S/C26H31ClFN5O4/c1-35-21-13-20-17(25(32-14-31-20)33-19-5-3-4-18(27)23(19)28)12-22(21)37-16-8-6-15(7-9-16)24(26(34)36-2)30-11-10-29/h3-5,12-16,24,30H,6-11,29H2,1-2H3,(H,31,32,33). The van der Waals surface area contributed by atoms with Crippen molar-refractivity contribution in [2.45, 2.75) is 37.8 Å². The Kier molecular flexibility index (Phi) is 8.96. The second-order valence-corrected chi connectivity index (χ2v) is 9.27. The van der Waals surface area contributed by atoms with E-state index in [9.17, 15) is 9.18 Å². The Morgan fingerprint density at radius 3 is 2.68 bits per heavy atom. The zero-order valence-corrected chi connectivity index (χ0v) is 21.6. The van der Waals surface area contributed by atoms with E-state index < -0.39 is 5.82 Å². The summed E-state index contributed by atoms with van der Waals surface area (Å²) in [5.41, 5.74) is 6.42. The summed E-state index contributed by atoms with van der Waals surface area (Å²) in [4.78, 5) is 20.9. The number of benzene rings is 2. The maximum absolute atomic E-state index is 14.5. The highest BCUT2D eigenvalue weighted by molar-refractivity contribution is 6.31. The predicted molar refractivity (Wildman–Crippen MR) is 140 cm³/mol. The van der Waals surface area contributed by atoms with Crippen molar-refractivity contribution in [2.75, 3.05) is 32.6 Å². The minimum atomic E-state index is -0.566. The molecule has 1 aliphatic carbocycles. The highest BCUT2D eigenvalue weighted by Crippen LogP contribution is 2.38. The zero-order valence-electron chi connectivity index (χ0n) is 20.8. The molecular weight excluding hydrogens is 501 g/mol. The Hall–Kier alpha value is -3.21. The predicted octanol–water partition coefficient (Wildman–Crippen LogP) is 4.20. The van der Waals surface area contributed by atoms with Gasteiger partial charge in [-0.15, -0.1) is 0 Å². The first kappa shape index (κ1) is 26.8. The molecule has 0 bridgehead atoms. The number of esters is 1. The first-order valence-electron chi connectivity index (χ1n) is 12.2. The molecule has 1 aromatic heterocycles. The van der Waals surface area contributed by atoms with Crippen molar-refractivity contribution < 1.29 is 23.4 Å². The first-order chi connectivity index (χ1) is 17.9. The van der Waals surface area contributed by atoms with Gasteiger partial charge in [0.15, 0.2) is 17.3 Å². The molecule has 4 rings (SSSR count). The normalized spacial score (nSPS) is 18.3. The van der Waals surface area contributed by atoms with Crippen LogP contribution >= 0.6 is 11.6 Å². The largest absolute Gasteiger partial charge is 0.493 e. The van der Waals surface area contributed by atoms with E-state index in [4.69, 9.17) is 31.5 Å². The van der Waals surface area contributed by atoms with Crippen molar-refractivity contribution in [3.8, 4) is 11.5 Å². The number of rotatable bonds is 10. The summed E-state index contributed by atoms with van der Waals surface area (Å²) in [6.45, 7) is 0.986. The molecule has 0 radical (unpaired) electrons. The topological polar surface area (TPSA) is 121 Å². The van der Waals surface area contributed by atoms with Crippen LogP contribution in [0, 0.1) is 11.7 Å². The number of carbonyl (C=O) groups is 1. The fraction of sp³-hybridized carbons (Fsp3) is 0.423. The van der Waals surface area contributed by atoms with Crippen LogP contribution in [0.3, 0.4) is 0 Å². The minimum absolute atomic E-state index is 0.0114. The van der Waals surface area contributed by atoms with Gasteiger partial charge in [0.25, 0.3) is 0 Å². The van der Waals surface area contributed by atoms with E-state index in [1.54, 1.807) is 31.4 Å². The number of anilines is 2. The minimum Gasteiger partial charge on any atom is -0.493 e. The number of carbonyl (C=O) groups excluding carboxylic acids is 1. The van der Waals surface area contributed by atoms with Crippen molar-refractivity contribution in [2.24, 2.45) is 11.7 Å². The summed E-state index contributed by atoms with van der Waals surface area (Å²) in [6, 6.07) is 7.89. The van der Waals surface area contributed by atoms with Gasteiger partial charge in [-0.3, -0.25) is 4.79 Å². The molecule has 1 aliphatic rings. The van der Waals surface area contributed by atoms with Crippen LogP contribution in [0.25, 0.3) is 10.9 Å². The van der Waals surface area contributed by atoms with Crippen molar-refractivity contribution in [3.63, 3.8) is 0 Å². The highest BCUT2D eigenvalue weighted by Gasteiger charge is 2.33. The van der Waals surface area contributed by atoms with Crippen molar-refractivity contribution in [3.05, 3.63) is 47.5 Å². The van der Waals surface area contributed by atoms with Crippen LogP contribution < -0.4 is 25.8 Å². The Balaban J connectivity index is 1.53. The Morgan fingerprint density at radius 2 is 1.97 bits per heavy atom. The molecule has 37 heavy (non-hydrogen) atoms. The molecule has 4 N–H and O–H groups in total. The van der Waals surface area contributed by atoms with E-state index in [2.05, 4.69) is 20.6 Å². The van der Waals surface area contributed by atoms with Crippen LogP contribution in [0.5, 0.6) is 11.5 Å². The lowest BCUT2D eigenvalue weighted by molar-refractivity contribution is -0.145. The molecule has 9 nitrogen and oxygen atoms in total. The molecule has 1 atom stereocenters. The summed E-state index contributed by atoms with van der Waals surface area (Å²) in [5.74, 6) is 0.774. The zero-order chi connectivity index (χ0) is 26.4. The van der Waals surface area contributed by atoms with Gasteiger partial charge < -0.3 is 30.6 Å². The third-order valence-electron chi connectivity index (χ3n) is 6.57. The van der Waals surface area contributed by atoms with Gasteiger partial charge >= 0.3 is 5.97 Å². The summed E-state index contributed by atoms with van der Waals surface area (Å²) in [5, 5.41) is 6.87. The SMILES string of the molecule is COC(=O)C(NCCN)C1CCC(Oc2cc3c(Nc4cccc(Cl)c4F)ncnc3cc2OC)CC1. The van der Waals surface area contributed by atoms with E-state index in [1.165, 1.54) is 19.5 Å². The van der Waals surface area contributed by atoms with Crippen molar-refractivity contribution in [1.82, 2.24) is 15.3 Å². The number of hydrogen-bond acceptors (Lipinski definition) is 9. The summed E-state index contributed by atoms with van der Waals surface area (Å²) < 4.78 is 31.4. The summed E-state index contributed by atoms with van der Waals surface area (Å²) in [6.07, 6.45) is 4.43. The van der Waals surface area contributed by atoms with Crippen LogP contribution in [-0.2, 0) is 9.53 Å². The smallest absolute Gasteiger partial charge is 0.323 e. The van der Waals surface area contributed by atoms with E-state index in [0.717, 1.165) is 25.7 Å². The molecule has 1 heterocycles. The number of methoxy groups -OCH3 is 2. The molecule has 0 saturated heterocycles. The average Bonchev–Trinajstić information content (AvgIpc) is 2.92. The molecule has 0 aliphatic heterocycles. The Bertz CT molecular complexity index is 1240. The molecular formula is C26H31ClFN5O4. The van der Waals surface area contributed by atoms with Crippen LogP contribution in [0.2, 0.25) is 5.02 Å². The molecule has 3 aromatic rings. The van der Waals surface area contributed by atoms with Crippen LogP contribution in [-0.4, -0.2) is 55.4 Å². The number of fused-ring (bicyclic) bond motifs is 1. The number of nitrogens with zero attached hydrogens (tertiary/aromatic N) is 2. The van der Waals surface area contributed by atoms with Gasteiger partial charge in [-0.2, -0.15) is 0 Å². The molecule has 2 aromatic carbocycles. The van der Waals surface area contributed by atoms with Gasteiger partial charge in [0.1, 0.15) is 18.2 Å². The fourth-order valence-corrected chi connectivity index (χ4v) is 4.85. The molecule has 0 spiro atoms. The van der Waals surface area contributed by atoms with Crippen molar-refractivity contribution >= 4 is 40.0 Å². The molecule has 0 amide bonds. The lowest BCUT2D eigenvalue weighted by Gasteiger charge is -2.33. The number of nitrogens with two attached hydrogens (primary N) is 1. The molecule has 1 fully saturated rings. The van der Waals surface area contributed by atoms with Crippen molar-refractivity contribution in [1.29, 1.82) is 0 Å². The number of nitrogens with one attached hydrogen (secondary N) is 2. The lowest BCUT2D eigenvalue weighted by atomic mass is 9.82. The molecule has 198 valence electrons.